The Morgan fingerprint density at radius 2 is 2.14 bits per heavy atom. The van der Waals surface area contributed by atoms with E-state index in [1.807, 2.05) is 31.2 Å². The first-order valence-corrected chi connectivity index (χ1v) is 7.97. The molecule has 0 aliphatic carbocycles. The number of carbonyl (C=O) groups is 1. The molecule has 22 heavy (non-hydrogen) atoms. The molecule has 6 heteroatoms. The summed E-state index contributed by atoms with van der Waals surface area (Å²) in [5.41, 5.74) is 4.26. The predicted molar refractivity (Wildman–Crippen MR) is 96.6 cm³/mol. The van der Waals surface area contributed by atoms with E-state index < -0.39 is 0 Å². The summed E-state index contributed by atoms with van der Waals surface area (Å²) in [5, 5.41) is 4.56. The van der Waals surface area contributed by atoms with Gasteiger partial charge in [-0.05, 0) is 59.3 Å². The van der Waals surface area contributed by atoms with E-state index in [9.17, 15) is 4.79 Å². The highest BCUT2D eigenvalue weighted by atomic mass is 127. The van der Waals surface area contributed by atoms with Gasteiger partial charge in [-0.3, -0.25) is 4.79 Å². The zero-order valence-electron chi connectivity index (χ0n) is 11.8. The van der Waals surface area contributed by atoms with Crippen molar-refractivity contribution in [3.8, 4) is 5.75 Å². The van der Waals surface area contributed by atoms with Gasteiger partial charge in [0.05, 0.1) is 6.21 Å². The molecule has 0 radical (unpaired) electrons. The SMILES string of the molecule is Cc1cc(Cl)ccc1OCC(=O)NN=Cc1ccccc1I. The lowest BCUT2D eigenvalue weighted by Gasteiger charge is -2.08. The van der Waals surface area contributed by atoms with Crippen LogP contribution >= 0.6 is 34.2 Å². The van der Waals surface area contributed by atoms with Gasteiger partial charge >= 0.3 is 0 Å². The molecule has 0 aliphatic heterocycles. The number of nitrogens with one attached hydrogen (secondary N) is 1. The Bertz CT molecular complexity index is 704. The number of ether oxygens (including phenoxy) is 1. The molecule has 0 heterocycles. The maximum atomic E-state index is 11.7. The highest BCUT2D eigenvalue weighted by Crippen LogP contribution is 2.21. The van der Waals surface area contributed by atoms with E-state index in [1.165, 1.54) is 0 Å². The number of halogens is 2. The predicted octanol–water partition coefficient (Wildman–Crippen LogP) is 3.78. The Balaban J connectivity index is 1.84. The van der Waals surface area contributed by atoms with Crippen molar-refractivity contribution in [2.45, 2.75) is 6.92 Å². The Morgan fingerprint density at radius 1 is 1.36 bits per heavy atom. The highest BCUT2D eigenvalue weighted by Gasteiger charge is 2.04. The summed E-state index contributed by atoms with van der Waals surface area (Å²) in [6.07, 6.45) is 1.60. The number of hydrogen-bond donors (Lipinski definition) is 1. The van der Waals surface area contributed by atoms with Crippen LogP contribution in [0, 0.1) is 10.5 Å². The van der Waals surface area contributed by atoms with Crippen molar-refractivity contribution in [1.82, 2.24) is 5.43 Å². The average molecular weight is 429 g/mol. The van der Waals surface area contributed by atoms with Gasteiger partial charge in [0.25, 0.3) is 5.91 Å². The lowest BCUT2D eigenvalue weighted by molar-refractivity contribution is -0.123. The van der Waals surface area contributed by atoms with Gasteiger partial charge in [-0.1, -0.05) is 29.8 Å². The lowest BCUT2D eigenvalue weighted by Crippen LogP contribution is -2.24. The second-order valence-corrected chi connectivity index (χ2v) is 6.11. The van der Waals surface area contributed by atoms with Crippen molar-refractivity contribution in [2.75, 3.05) is 6.61 Å². The minimum Gasteiger partial charge on any atom is -0.483 e. The fraction of sp³-hybridized carbons (Fsp3) is 0.125. The number of hydrogen-bond acceptors (Lipinski definition) is 3. The van der Waals surface area contributed by atoms with Crippen LogP contribution in [0.25, 0.3) is 0 Å². The molecule has 0 aromatic heterocycles. The van der Waals surface area contributed by atoms with Crippen molar-refractivity contribution in [3.05, 3.63) is 62.2 Å². The van der Waals surface area contributed by atoms with Crippen LogP contribution in [0.3, 0.4) is 0 Å². The molecule has 1 N–H and O–H groups in total. The molecule has 114 valence electrons. The molecular weight excluding hydrogens is 415 g/mol. The number of hydrazone groups is 1. The third kappa shape index (κ3) is 4.99. The summed E-state index contributed by atoms with van der Waals surface area (Å²) in [4.78, 5) is 11.7. The van der Waals surface area contributed by atoms with Gasteiger partial charge in [0.15, 0.2) is 6.61 Å². The van der Waals surface area contributed by atoms with Crippen LogP contribution in [0.5, 0.6) is 5.75 Å². The first-order valence-electron chi connectivity index (χ1n) is 6.51. The molecule has 0 saturated heterocycles. The van der Waals surface area contributed by atoms with Crippen LogP contribution in [-0.4, -0.2) is 18.7 Å². The van der Waals surface area contributed by atoms with Crippen LogP contribution in [0.2, 0.25) is 5.02 Å². The first kappa shape index (κ1) is 16.8. The standard InChI is InChI=1S/C16H14ClIN2O2/c1-11-8-13(17)6-7-15(11)22-10-16(21)20-19-9-12-4-2-3-5-14(12)18/h2-9H,10H2,1H3,(H,20,21). The summed E-state index contributed by atoms with van der Waals surface area (Å²) < 4.78 is 6.50. The van der Waals surface area contributed by atoms with Gasteiger partial charge in [0.1, 0.15) is 5.75 Å². The van der Waals surface area contributed by atoms with E-state index in [0.29, 0.717) is 10.8 Å². The molecule has 0 bridgehead atoms. The topological polar surface area (TPSA) is 50.7 Å². The number of rotatable bonds is 5. The average Bonchev–Trinajstić information content (AvgIpc) is 2.48. The van der Waals surface area contributed by atoms with Crippen molar-refractivity contribution in [2.24, 2.45) is 5.10 Å². The monoisotopic (exact) mass is 428 g/mol. The number of aryl methyl sites for hydroxylation is 1. The van der Waals surface area contributed by atoms with Crippen LogP contribution in [0.15, 0.2) is 47.6 Å². The van der Waals surface area contributed by atoms with Gasteiger partial charge in [-0.2, -0.15) is 5.10 Å². The smallest absolute Gasteiger partial charge is 0.277 e. The maximum absolute atomic E-state index is 11.7. The molecular formula is C16H14ClIN2O2. The summed E-state index contributed by atoms with van der Waals surface area (Å²) in [5.74, 6) is 0.303. The molecule has 2 aromatic rings. The number of carbonyl (C=O) groups excluding carboxylic acids is 1. The maximum Gasteiger partial charge on any atom is 0.277 e. The van der Waals surface area contributed by atoms with Gasteiger partial charge in [0, 0.05) is 14.2 Å². The van der Waals surface area contributed by atoms with Crippen molar-refractivity contribution in [3.63, 3.8) is 0 Å². The third-order valence-electron chi connectivity index (χ3n) is 2.79. The minimum absolute atomic E-state index is 0.105. The second kappa shape index (κ2) is 8.14. The first-order chi connectivity index (χ1) is 10.6. The van der Waals surface area contributed by atoms with Crippen LogP contribution < -0.4 is 10.2 Å². The van der Waals surface area contributed by atoms with E-state index in [1.54, 1.807) is 24.4 Å². The fourth-order valence-corrected chi connectivity index (χ4v) is 2.46. The van der Waals surface area contributed by atoms with Crippen molar-refractivity contribution in [1.29, 1.82) is 0 Å². The quantitative estimate of drug-likeness (QED) is 0.448. The molecule has 2 aromatic carbocycles. The van der Waals surface area contributed by atoms with Gasteiger partial charge in [-0.25, -0.2) is 5.43 Å². The van der Waals surface area contributed by atoms with E-state index in [0.717, 1.165) is 14.7 Å². The second-order valence-electron chi connectivity index (χ2n) is 4.51. The van der Waals surface area contributed by atoms with Gasteiger partial charge in [-0.15, -0.1) is 0 Å². The molecule has 0 aliphatic rings. The molecule has 2 rings (SSSR count). The zero-order valence-corrected chi connectivity index (χ0v) is 14.8. The molecule has 0 unspecified atom stereocenters. The van der Waals surface area contributed by atoms with E-state index >= 15 is 0 Å². The number of amides is 1. The Kier molecular flexibility index (Phi) is 6.21. The Labute approximate surface area is 147 Å². The fourth-order valence-electron chi connectivity index (χ4n) is 1.70. The van der Waals surface area contributed by atoms with Crippen molar-refractivity contribution < 1.29 is 9.53 Å². The summed E-state index contributed by atoms with van der Waals surface area (Å²) in [6.45, 7) is 1.76. The Hall–Kier alpha value is -1.60. The number of nitrogens with zero attached hydrogens (tertiary/aromatic N) is 1. The van der Waals surface area contributed by atoms with E-state index in [2.05, 4.69) is 33.1 Å². The largest absolute Gasteiger partial charge is 0.483 e. The lowest BCUT2D eigenvalue weighted by atomic mass is 10.2. The van der Waals surface area contributed by atoms with Crippen LogP contribution in [0.1, 0.15) is 11.1 Å². The molecule has 0 atom stereocenters. The minimum atomic E-state index is -0.323. The molecule has 0 saturated carbocycles. The van der Waals surface area contributed by atoms with Crippen LogP contribution in [0.4, 0.5) is 0 Å². The zero-order chi connectivity index (χ0) is 15.9. The van der Waals surface area contributed by atoms with E-state index in [4.69, 9.17) is 16.3 Å². The Morgan fingerprint density at radius 3 is 2.86 bits per heavy atom. The molecule has 1 amide bonds. The molecule has 0 fully saturated rings. The highest BCUT2D eigenvalue weighted by molar-refractivity contribution is 14.1. The van der Waals surface area contributed by atoms with Crippen molar-refractivity contribution >= 4 is 46.3 Å². The summed E-state index contributed by atoms with van der Waals surface area (Å²) in [6, 6.07) is 13.0. The van der Waals surface area contributed by atoms with Gasteiger partial charge < -0.3 is 4.74 Å². The normalized spacial score (nSPS) is 10.7. The van der Waals surface area contributed by atoms with Gasteiger partial charge in [0.2, 0.25) is 0 Å². The third-order valence-corrected chi connectivity index (χ3v) is 4.01. The molecule has 4 nitrogen and oxygen atoms in total. The summed E-state index contributed by atoms with van der Waals surface area (Å²) >= 11 is 8.07. The summed E-state index contributed by atoms with van der Waals surface area (Å²) in [7, 11) is 0. The molecule has 0 spiro atoms. The van der Waals surface area contributed by atoms with E-state index in [-0.39, 0.29) is 12.5 Å². The number of benzene rings is 2. The van der Waals surface area contributed by atoms with Crippen LogP contribution in [-0.2, 0) is 4.79 Å².